The Morgan fingerprint density at radius 2 is 0.670 bits per heavy atom. The van der Waals surface area contributed by atoms with Crippen LogP contribution in [-0.4, -0.2) is 140 Å². The van der Waals surface area contributed by atoms with Crippen LogP contribution in [0.4, 0.5) is 0 Å². The van der Waals surface area contributed by atoms with Crippen LogP contribution in [0.1, 0.15) is 418 Å². The van der Waals surface area contributed by atoms with Crippen molar-refractivity contribution in [2.75, 3.05) is 19.8 Å². The SMILES string of the molecule is CC/C=C\C/C=C\C/C=C\C/C=C\CCCCCCCCCCCCCCCCCCCCCCCCCCCCC(=O)NC(COC1OC(CO)C(OC2OC(CO)C(O)C(O)C2O)C(O)C1O)C(O)CCCCCCCCCCCCCCCCCCCCCCCCCCCCCCCC. The highest BCUT2D eigenvalue weighted by Crippen LogP contribution is 2.31. The Labute approximate surface area is 633 Å². The van der Waals surface area contributed by atoms with E-state index in [-0.39, 0.29) is 12.5 Å². The highest BCUT2D eigenvalue weighted by Gasteiger charge is 2.51. The predicted octanol–water partition coefficient (Wildman–Crippen LogP) is 21.3. The third-order valence-electron chi connectivity index (χ3n) is 21.8. The highest BCUT2D eigenvalue weighted by atomic mass is 16.7. The van der Waals surface area contributed by atoms with Gasteiger partial charge in [-0.05, 0) is 51.4 Å². The molecular weight excluding hydrogens is 1290 g/mol. The van der Waals surface area contributed by atoms with Crippen molar-refractivity contribution in [3.8, 4) is 0 Å². The van der Waals surface area contributed by atoms with Crippen LogP contribution in [0.2, 0.25) is 0 Å². The molecule has 0 spiro atoms. The summed E-state index contributed by atoms with van der Waals surface area (Å²) in [5, 5.41) is 88.0. The second-order valence-corrected chi connectivity index (χ2v) is 31.4. The molecule has 0 radical (unpaired) electrons. The van der Waals surface area contributed by atoms with Crippen molar-refractivity contribution in [3.05, 3.63) is 48.6 Å². The minimum Gasteiger partial charge on any atom is -0.394 e. The lowest BCUT2D eigenvalue weighted by Crippen LogP contribution is -2.65. The Morgan fingerprint density at radius 3 is 1.03 bits per heavy atom. The van der Waals surface area contributed by atoms with Gasteiger partial charge in [0.25, 0.3) is 0 Å². The van der Waals surface area contributed by atoms with E-state index >= 15 is 0 Å². The molecule has 14 heteroatoms. The largest absolute Gasteiger partial charge is 0.394 e. The first-order valence-electron chi connectivity index (χ1n) is 44.4. The van der Waals surface area contributed by atoms with E-state index in [2.05, 4.69) is 67.8 Å². The summed E-state index contributed by atoms with van der Waals surface area (Å²) in [5.74, 6) is -0.197. The average Bonchev–Trinajstić information content (AvgIpc) is 0.791. The molecule has 0 aromatic heterocycles. The van der Waals surface area contributed by atoms with Crippen molar-refractivity contribution in [3.63, 3.8) is 0 Å². The highest BCUT2D eigenvalue weighted by molar-refractivity contribution is 5.76. The Kier molecular flexibility index (Phi) is 68.6. The average molecular weight is 1460 g/mol. The molecule has 12 atom stereocenters. The zero-order valence-corrected chi connectivity index (χ0v) is 66.8. The molecule has 0 aromatic carbocycles. The van der Waals surface area contributed by atoms with Gasteiger partial charge in [0, 0.05) is 6.42 Å². The van der Waals surface area contributed by atoms with Gasteiger partial charge in [-0.15, -0.1) is 0 Å². The van der Waals surface area contributed by atoms with Crippen molar-refractivity contribution in [1.29, 1.82) is 0 Å². The molecule has 2 heterocycles. The summed E-state index contributed by atoms with van der Waals surface area (Å²) in [4.78, 5) is 13.4. The van der Waals surface area contributed by atoms with E-state index in [0.717, 1.165) is 77.0 Å². The fraction of sp³-hybridized carbons (Fsp3) is 0.899. The summed E-state index contributed by atoms with van der Waals surface area (Å²) in [5.41, 5.74) is 0. The van der Waals surface area contributed by atoms with Crippen LogP contribution in [0.3, 0.4) is 0 Å². The Balaban J connectivity index is 1.55. The van der Waals surface area contributed by atoms with Crippen LogP contribution in [0.25, 0.3) is 0 Å². The number of aliphatic hydroxyl groups is 8. The predicted molar refractivity (Wildman–Crippen MR) is 429 cm³/mol. The van der Waals surface area contributed by atoms with Gasteiger partial charge in [-0.3, -0.25) is 4.79 Å². The summed E-state index contributed by atoms with van der Waals surface area (Å²) < 4.78 is 23.0. The van der Waals surface area contributed by atoms with Crippen LogP contribution < -0.4 is 5.32 Å². The van der Waals surface area contributed by atoms with Crippen molar-refractivity contribution in [2.45, 2.75) is 492 Å². The molecule has 2 saturated heterocycles. The number of hydrogen-bond donors (Lipinski definition) is 9. The van der Waals surface area contributed by atoms with E-state index < -0.39 is 86.8 Å². The van der Waals surface area contributed by atoms with Crippen LogP contribution in [0.5, 0.6) is 0 Å². The molecule has 14 nitrogen and oxygen atoms in total. The molecule has 2 aliphatic rings. The number of rotatable bonds is 76. The summed E-state index contributed by atoms with van der Waals surface area (Å²) >= 11 is 0. The van der Waals surface area contributed by atoms with Crippen molar-refractivity contribution >= 4 is 5.91 Å². The first-order valence-corrected chi connectivity index (χ1v) is 44.4. The molecule has 12 unspecified atom stereocenters. The van der Waals surface area contributed by atoms with Crippen LogP contribution >= 0.6 is 0 Å². The zero-order valence-electron chi connectivity index (χ0n) is 66.8. The van der Waals surface area contributed by atoms with Gasteiger partial charge in [0.2, 0.25) is 5.91 Å². The molecule has 1 amide bonds. The molecule has 0 aliphatic carbocycles. The smallest absolute Gasteiger partial charge is 0.220 e. The zero-order chi connectivity index (χ0) is 74.4. The van der Waals surface area contributed by atoms with Gasteiger partial charge < -0.3 is 65.1 Å². The maximum Gasteiger partial charge on any atom is 0.220 e. The lowest BCUT2D eigenvalue weighted by molar-refractivity contribution is -0.359. The van der Waals surface area contributed by atoms with E-state index in [9.17, 15) is 45.6 Å². The normalized spacial score (nSPS) is 21.7. The van der Waals surface area contributed by atoms with E-state index in [4.69, 9.17) is 18.9 Å². The quantitative estimate of drug-likeness (QED) is 0.0204. The Bertz CT molecular complexity index is 1920. The minimum absolute atomic E-state index is 0.197. The van der Waals surface area contributed by atoms with Gasteiger partial charge in [0.1, 0.15) is 48.8 Å². The number of unbranched alkanes of at least 4 members (excludes halogenated alkanes) is 55. The molecular formula is C89H167NO13. The van der Waals surface area contributed by atoms with Crippen LogP contribution in [0, 0.1) is 0 Å². The summed E-state index contributed by atoms with van der Waals surface area (Å²) in [6.07, 6.45) is 81.9. The minimum atomic E-state index is -1.78. The van der Waals surface area contributed by atoms with Crippen molar-refractivity contribution in [2.24, 2.45) is 0 Å². The number of amides is 1. The molecule has 0 saturated carbocycles. The number of carbonyl (C=O) groups is 1. The maximum atomic E-state index is 13.4. The standard InChI is InChI=1S/C89H167NO13/c1-3-5-7-9-11-13-15-17-19-21-23-25-27-29-31-33-35-36-37-38-39-40-41-42-43-45-47-49-51-53-55-57-59-61-63-65-67-69-71-73-81(94)90-77(76-100-88-86(99)84(97)87(80(75-92)102-88)103-89-85(98)83(96)82(95)79(74-91)101-89)78(93)72-70-68-66-64-62-60-58-56-54-52-50-48-46-44-34-32-30-28-26-24-22-20-18-16-14-12-10-8-6-4-2/h5,7,11,13,17,19,23,25,77-80,82-89,91-93,95-99H,3-4,6,8-10,12,14-16,18,20-22,24,26-76H2,1-2H3,(H,90,94)/b7-5-,13-11-,19-17-,25-23-. The fourth-order valence-electron chi connectivity index (χ4n) is 14.9. The lowest BCUT2D eigenvalue weighted by atomic mass is 9.97. The molecule has 0 aromatic rings. The van der Waals surface area contributed by atoms with E-state index in [1.807, 2.05) is 0 Å². The van der Waals surface area contributed by atoms with Crippen LogP contribution in [0.15, 0.2) is 48.6 Å². The number of nitrogens with one attached hydrogen (secondary N) is 1. The number of allylic oxidation sites excluding steroid dienone is 8. The number of hydrogen-bond acceptors (Lipinski definition) is 13. The molecule has 9 N–H and O–H groups in total. The molecule has 606 valence electrons. The number of ether oxygens (including phenoxy) is 4. The molecule has 103 heavy (non-hydrogen) atoms. The maximum absolute atomic E-state index is 13.4. The van der Waals surface area contributed by atoms with E-state index in [1.54, 1.807) is 0 Å². The van der Waals surface area contributed by atoms with Gasteiger partial charge in [0.15, 0.2) is 12.6 Å². The van der Waals surface area contributed by atoms with Gasteiger partial charge in [-0.25, -0.2) is 0 Å². The summed E-state index contributed by atoms with van der Waals surface area (Å²) in [6, 6.07) is -0.829. The summed E-state index contributed by atoms with van der Waals surface area (Å²) in [6.45, 7) is 2.83. The van der Waals surface area contributed by atoms with Crippen molar-refractivity contribution in [1.82, 2.24) is 5.32 Å². The monoisotopic (exact) mass is 1460 g/mol. The summed E-state index contributed by atoms with van der Waals surface area (Å²) in [7, 11) is 0. The van der Waals surface area contributed by atoms with Gasteiger partial charge >= 0.3 is 0 Å². The molecule has 2 fully saturated rings. The van der Waals surface area contributed by atoms with Gasteiger partial charge in [-0.1, -0.05) is 409 Å². The third-order valence-corrected chi connectivity index (χ3v) is 21.8. The topological polar surface area (TPSA) is 228 Å². The van der Waals surface area contributed by atoms with Crippen LogP contribution in [-0.2, 0) is 23.7 Å². The first kappa shape index (κ1) is 97.0. The molecule has 0 bridgehead atoms. The van der Waals surface area contributed by atoms with Gasteiger partial charge in [-0.2, -0.15) is 0 Å². The van der Waals surface area contributed by atoms with Gasteiger partial charge in [0.05, 0.1) is 32.0 Å². The van der Waals surface area contributed by atoms with E-state index in [1.165, 1.54) is 315 Å². The number of aliphatic hydroxyl groups excluding tert-OH is 8. The second-order valence-electron chi connectivity index (χ2n) is 31.4. The lowest BCUT2D eigenvalue weighted by Gasteiger charge is -2.46. The fourth-order valence-corrected chi connectivity index (χ4v) is 14.9. The number of carbonyl (C=O) groups excluding carboxylic acids is 1. The third kappa shape index (κ3) is 55.1. The molecule has 2 rings (SSSR count). The Morgan fingerprint density at radius 1 is 0.359 bits per heavy atom. The van der Waals surface area contributed by atoms with Crippen molar-refractivity contribution < 1.29 is 64.6 Å². The van der Waals surface area contributed by atoms with E-state index in [0.29, 0.717) is 12.8 Å². The molecule has 2 aliphatic heterocycles. The first-order chi connectivity index (χ1) is 50.6. The Hall–Kier alpha value is -2.05. The second kappa shape index (κ2) is 72.8.